The van der Waals surface area contributed by atoms with Crippen LogP contribution in [-0.2, 0) is 15.0 Å². The highest BCUT2D eigenvalue weighted by molar-refractivity contribution is 6.66. The van der Waals surface area contributed by atoms with Crippen molar-refractivity contribution in [2.24, 2.45) is 5.84 Å². The maximum Gasteiger partial charge on any atom is 0.404 e. The van der Waals surface area contributed by atoms with Crippen LogP contribution in [0.5, 0.6) is 17.4 Å². The number of ether oxygens (including phenoxy) is 2. The lowest BCUT2D eigenvalue weighted by molar-refractivity contribution is -0.135. The third kappa shape index (κ3) is 6.39. The molecule has 5 N–H and O–H groups in total. The van der Waals surface area contributed by atoms with Crippen molar-refractivity contribution in [3.63, 3.8) is 0 Å². The van der Waals surface area contributed by atoms with Crippen molar-refractivity contribution in [2.45, 2.75) is 44.2 Å². The predicted octanol–water partition coefficient (Wildman–Crippen LogP) is 3.12. The number of nitrogens with zero attached hydrogens (tertiary/aromatic N) is 1. The van der Waals surface area contributed by atoms with E-state index < -0.39 is 23.6 Å². The van der Waals surface area contributed by atoms with Crippen molar-refractivity contribution in [2.75, 3.05) is 0 Å². The van der Waals surface area contributed by atoms with E-state index in [0.29, 0.717) is 18.6 Å². The second-order valence-electron chi connectivity index (χ2n) is 9.65. The Morgan fingerprint density at radius 3 is 2.03 bits per heavy atom. The first-order valence-corrected chi connectivity index (χ1v) is 12.2. The number of aromatic nitrogens is 1. The zero-order valence-electron chi connectivity index (χ0n) is 21.3. The van der Waals surface area contributed by atoms with Gasteiger partial charge in [0.15, 0.2) is 0 Å². The molecule has 0 aliphatic heterocycles. The second kappa shape index (κ2) is 11.3. The van der Waals surface area contributed by atoms with Crippen LogP contribution in [0.1, 0.15) is 48.2 Å². The van der Waals surface area contributed by atoms with Gasteiger partial charge in [0.2, 0.25) is 11.7 Å². The average molecular weight is 533 g/mol. The minimum Gasteiger partial charge on any atom is -0.490 e. The van der Waals surface area contributed by atoms with Gasteiger partial charge in [-0.15, -0.1) is 0 Å². The Morgan fingerprint density at radius 2 is 1.51 bits per heavy atom. The molecule has 1 aliphatic carbocycles. The van der Waals surface area contributed by atoms with E-state index in [4.69, 9.17) is 20.4 Å². The number of pyridine rings is 1. The lowest BCUT2D eigenvalue weighted by atomic mass is 9.78. The zero-order valence-corrected chi connectivity index (χ0v) is 21.3. The molecular weight excluding hydrogens is 504 g/mol. The van der Waals surface area contributed by atoms with Crippen molar-refractivity contribution >= 4 is 23.6 Å². The van der Waals surface area contributed by atoms with Crippen LogP contribution in [0, 0.1) is 0 Å². The summed E-state index contributed by atoms with van der Waals surface area (Å²) < 4.78 is 11.7. The SMILES string of the molecule is CC(C)(c1ccc(Oc2ccc(C(=O)C(=O)C(=O)NN)cn2)cc1)c1ccc(OC2CC(NC(=O)O)C2)cc1. The number of hydrogen-bond acceptors (Lipinski definition) is 8. The molecule has 1 heterocycles. The van der Waals surface area contributed by atoms with Crippen LogP contribution >= 0.6 is 0 Å². The van der Waals surface area contributed by atoms with E-state index in [0.717, 1.165) is 23.1 Å². The summed E-state index contributed by atoms with van der Waals surface area (Å²) in [7, 11) is 0. The molecular formula is C28H28N4O7. The normalized spacial score (nSPS) is 16.4. The van der Waals surface area contributed by atoms with Crippen LogP contribution in [0.2, 0.25) is 0 Å². The standard InChI is InChI=1S/C28H28N4O7/c1-28(2,17-4-8-20(9-5-17)38-22-13-19(14-22)31-27(36)37)18-6-10-21(11-7-18)39-23-12-3-16(15-30-23)24(33)25(34)26(35)32-29/h3-12,15,19,22,31H,13-14,29H2,1-2H3,(H,32,35)(H,36,37). The lowest BCUT2D eigenvalue weighted by Gasteiger charge is -2.35. The Balaban J connectivity index is 1.35. The Labute approximate surface area is 224 Å². The first-order chi connectivity index (χ1) is 18.6. The quantitative estimate of drug-likeness (QED) is 0.0765. The molecule has 39 heavy (non-hydrogen) atoms. The molecule has 1 aromatic heterocycles. The molecule has 1 saturated carbocycles. The van der Waals surface area contributed by atoms with Gasteiger partial charge in [-0.05, 0) is 41.5 Å². The number of carboxylic acid groups (broad SMARTS) is 1. The first-order valence-electron chi connectivity index (χ1n) is 12.2. The molecule has 0 bridgehead atoms. The van der Waals surface area contributed by atoms with Gasteiger partial charge in [-0.1, -0.05) is 38.1 Å². The van der Waals surface area contributed by atoms with Crippen molar-refractivity contribution in [1.29, 1.82) is 0 Å². The van der Waals surface area contributed by atoms with Crippen molar-refractivity contribution in [3.8, 4) is 17.4 Å². The van der Waals surface area contributed by atoms with Gasteiger partial charge < -0.3 is 19.9 Å². The minimum atomic E-state index is -1.28. The van der Waals surface area contributed by atoms with Gasteiger partial charge in [-0.2, -0.15) is 0 Å². The molecule has 1 fully saturated rings. The van der Waals surface area contributed by atoms with Gasteiger partial charge in [-0.25, -0.2) is 15.6 Å². The molecule has 0 spiro atoms. The van der Waals surface area contributed by atoms with E-state index in [1.165, 1.54) is 12.1 Å². The maximum atomic E-state index is 12.0. The highest BCUT2D eigenvalue weighted by Crippen LogP contribution is 2.34. The largest absolute Gasteiger partial charge is 0.490 e. The fourth-order valence-electron chi connectivity index (χ4n) is 4.20. The number of ketones is 2. The van der Waals surface area contributed by atoms with Crippen LogP contribution in [0.15, 0.2) is 66.9 Å². The number of carbonyl (C=O) groups excluding carboxylic acids is 3. The van der Waals surface area contributed by atoms with E-state index in [1.807, 2.05) is 48.5 Å². The summed E-state index contributed by atoms with van der Waals surface area (Å²) >= 11 is 0. The first kappa shape index (κ1) is 27.3. The molecule has 0 radical (unpaired) electrons. The third-order valence-corrected chi connectivity index (χ3v) is 6.64. The number of Topliss-reactive ketones (excluding diaryl/α,β-unsaturated/α-hetero) is 2. The van der Waals surface area contributed by atoms with Gasteiger partial charge in [0.05, 0.1) is 0 Å². The van der Waals surface area contributed by atoms with Gasteiger partial charge >= 0.3 is 12.0 Å². The Kier molecular flexibility index (Phi) is 7.91. The van der Waals surface area contributed by atoms with Gasteiger partial charge in [0.25, 0.3) is 5.78 Å². The molecule has 0 saturated heterocycles. The smallest absolute Gasteiger partial charge is 0.404 e. The number of hydrogen-bond donors (Lipinski definition) is 4. The molecule has 0 atom stereocenters. The monoisotopic (exact) mass is 532 g/mol. The molecule has 2 amide bonds. The molecule has 3 aromatic rings. The highest BCUT2D eigenvalue weighted by Gasteiger charge is 2.32. The van der Waals surface area contributed by atoms with Crippen LogP contribution in [0.25, 0.3) is 0 Å². The molecule has 11 nitrogen and oxygen atoms in total. The van der Waals surface area contributed by atoms with Crippen LogP contribution in [-0.4, -0.2) is 45.8 Å². The second-order valence-corrected chi connectivity index (χ2v) is 9.65. The number of benzene rings is 2. The summed E-state index contributed by atoms with van der Waals surface area (Å²) in [6, 6.07) is 18.1. The molecule has 2 aromatic carbocycles. The predicted molar refractivity (Wildman–Crippen MR) is 140 cm³/mol. The molecule has 11 heteroatoms. The number of nitrogens with one attached hydrogen (secondary N) is 2. The fraction of sp³-hybridized carbons (Fsp3) is 0.250. The van der Waals surface area contributed by atoms with E-state index in [2.05, 4.69) is 24.1 Å². The van der Waals surface area contributed by atoms with E-state index in [-0.39, 0.29) is 29.0 Å². The average Bonchev–Trinajstić information content (AvgIpc) is 2.91. The number of hydrazine groups is 1. The zero-order chi connectivity index (χ0) is 28.2. The number of amides is 2. The third-order valence-electron chi connectivity index (χ3n) is 6.64. The van der Waals surface area contributed by atoms with Crippen molar-refractivity contribution in [1.82, 2.24) is 15.7 Å². The number of nitrogens with two attached hydrogens (primary N) is 1. The van der Waals surface area contributed by atoms with Gasteiger partial charge in [0, 0.05) is 42.1 Å². The summed E-state index contributed by atoms with van der Waals surface area (Å²) in [4.78, 5) is 49.7. The fourth-order valence-corrected chi connectivity index (χ4v) is 4.20. The topological polar surface area (TPSA) is 170 Å². The van der Waals surface area contributed by atoms with Crippen LogP contribution in [0.4, 0.5) is 4.79 Å². The van der Waals surface area contributed by atoms with Crippen molar-refractivity contribution in [3.05, 3.63) is 83.6 Å². The Bertz CT molecular complexity index is 1360. The van der Waals surface area contributed by atoms with Crippen molar-refractivity contribution < 1.29 is 33.8 Å². The number of rotatable bonds is 10. The van der Waals surface area contributed by atoms with Gasteiger partial charge in [0.1, 0.15) is 17.6 Å². The molecule has 0 unspecified atom stereocenters. The summed E-state index contributed by atoms with van der Waals surface area (Å²) in [6.45, 7) is 4.21. The summed E-state index contributed by atoms with van der Waals surface area (Å²) in [6.07, 6.45) is 1.44. The summed E-state index contributed by atoms with van der Waals surface area (Å²) in [5, 5.41) is 11.2. The summed E-state index contributed by atoms with van der Waals surface area (Å²) in [5.74, 6) is 2.86. The minimum absolute atomic E-state index is 0.000381. The van der Waals surface area contributed by atoms with Crippen LogP contribution in [0.3, 0.4) is 0 Å². The maximum absolute atomic E-state index is 12.0. The van der Waals surface area contributed by atoms with E-state index in [1.54, 1.807) is 5.43 Å². The van der Waals surface area contributed by atoms with E-state index >= 15 is 0 Å². The number of carbonyl (C=O) groups is 4. The molecule has 202 valence electrons. The summed E-state index contributed by atoms with van der Waals surface area (Å²) in [5.41, 5.74) is 3.39. The van der Waals surface area contributed by atoms with Gasteiger partial charge in [-0.3, -0.25) is 19.8 Å². The highest BCUT2D eigenvalue weighted by atomic mass is 16.5. The van der Waals surface area contributed by atoms with E-state index in [9.17, 15) is 19.2 Å². The van der Waals surface area contributed by atoms with Crippen LogP contribution < -0.4 is 26.1 Å². The molecule has 4 rings (SSSR count). The Hall–Kier alpha value is -4.77. The Morgan fingerprint density at radius 1 is 0.923 bits per heavy atom. The molecule has 1 aliphatic rings. The lowest BCUT2D eigenvalue weighted by Crippen LogP contribution is -2.48.